The van der Waals surface area contributed by atoms with Crippen LogP contribution in [0.4, 0.5) is 34.1 Å². The Hall–Kier alpha value is -11.3. The number of para-hydroxylation sites is 4. The normalized spacial score (nSPS) is 12.7. The van der Waals surface area contributed by atoms with Gasteiger partial charge in [0.25, 0.3) is 0 Å². The second-order valence-corrected chi connectivity index (χ2v) is 27.2. The van der Waals surface area contributed by atoms with E-state index in [1.54, 1.807) is 0 Å². The Labute approximate surface area is 531 Å². The first kappa shape index (κ1) is 52.6. The summed E-state index contributed by atoms with van der Waals surface area (Å²) >= 11 is 0. The van der Waals surface area contributed by atoms with Gasteiger partial charge in [-0.05, 0) is 142 Å². The molecule has 6 heteroatoms. The van der Waals surface area contributed by atoms with E-state index in [4.69, 9.17) is 8.83 Å². The van der Waals surface area contributed by atoms with E-state index < -0.39 is 0 Å². The van der Waals surface area contributed by atoms with Gasteiger partial charge in [-0.3, -0.25) is 0 Å². The van der Waals surface area contributed by atoms with E-state index in [-0.39, 0.29) is 10.8 Å². The van der Waals surface area contributed by atoms with Crippen molar-refractivity contribution in [2.45, 2.75) is 52.4 Å². The number of hydrogen-bond acceptors (Lipinski definition) is 4. The highest BCUT2D eigenvalue weighted by atomic mass is 16.3. The van der Waals surface area contributed by atoms with Gasteiger partial charge in [0.1, 0.15) is 22.3 Å². The molecule has 6 heterocycles. The predicted molar refractivity (Wildman–Crippen MR) is 388 cm³/mol. The molecule has 0 unspecified atom stereocenters. The average molecular weight is 1180 g/mol. The second-order valence-electron chi connectivity index (χ2n) is 27.2. The van der Waals surface area contributed by atoms with Crippen LogP contribution in [0, 0.1) is 0 Å². The highest BCUT2D eigenvalue weighted by Crippen LogP contribution is 2.54. The van der Waals surface area contributed by atoms with Gasteiger partial charge in [-0.2, -0.15) is 0 Å². The number of rotatable bonds is 8. The number of benzene rings is 13. The molecule has 13 aromatic carbocycles. The first-order valence-corrected chi connectivity index (χ1v) is 32.1. The Balaban J connectivity index is 0.911. The summed E-state index contributed by atoms with van der Waals surface area (Å²) in [6, 6.07) is 98.8. The summed E-state index contributed by atoms with van der Waals surface area (Å²) in [6.45, 7) is 14.0. The molecule has 0 saturated heterocycles. The fourth-order valence-corrected chi connectivity index (χ4v) is 15.5. The van der Waals surface area contributed by atoms with Crippen LogP contribution in [0.1, 0.15) is 52.7 Å². The first-order chi connectivity index (χ1) is 44.9. The maximum absolute atomic E-state index is 6.50. The van der Waals surface area contributed by atoms with E-state index in [2.05, 4.69) is 315 Å². The van der Waals surface area contributed by atoms with Crippen LogP contribution in [-0.2, 0) is 10.8 Å². The molecule has 0 bridgehead atoms. The average Bonchev–Trinajstić information content (AvgIpc) is 1.51. The minimum atomic E-state index is -0.1000. The second kappa shape index (κ2) is 19.1. The van der Waals surface area contributed by atoms with Crippen molar-refractivity contribution >= 4 is 154 Å². The largest absolute Gasteiger partial charge is 0.456 e. The van der Waals surface area contributed by atoms with E-state index >= 15 is 0 Å². The maximum Gasteiger partial charge on any atom is 0.135 e. The monoisotopic (exact) mass is 1180 g/mol. The van der Waals surface area contributed by atoms with Crippen LogP contribution >= 0.6 is 0 Å². The molecule has 6 aromatic heterocycles. The lowest BCUT2D eigenvalue weighted by Crippen LogP contribution is -2.12. The summed E-state index contributed by atoms with van der Waals surface area (Å²) < 4.78 is 18.2. The van der Waals surface area contributed by atoms with Gasteiger partial charge < -0.3 is 27.4 Å². The summed E-state index contributed by atoms with van der Waals surface area (Å²) in [7, 11) is 0. The molecule has 6 nitrogen and oxygen atoms in total. The molecule has 0 aliphatic rings. The van der Waals surface area contributed by atoms with Crippen LogP contribution in [0.3, 0.4) is 0 Å². The number of fused-ring (bicyclic) bond motifs is 18. The number of furan rings is 2. The van der Waals surface area contributed by atoms with Crippen molar-refractivity contribution in [2.24, 2.45) is 0 Å². The Morgan fingerprint density at radius 2 is 0.663 bits per heavy atom. The quantitative estimate of drug-likeness (QED) is 0.152. The van der Waals surface area contributed by atoms with Crippen molar-refractivity contribution < 1.29 is 8.83 Å². The molecule has 0 saturated carbocycles. The summed E-state index contributed by atoms with van der Waals surface area (Å²) in [6.07, 6.45) is 0. The highest BCUT2D eigenvalue weighted by molar-refractivity contribution is 6.33. The Bertz CT molecular complexity index is 5840. The van der Waals surface area contributed by atoms with Gasteiger partial charge in [0.05, 0.1) is 55.8 Å². The molecule has 92 heavy (non-hydrogen) atoms. The Morgan fingerprint density at radius 1 is 0.272 bits per heavy atom. The lowest BCUT2D eigenvalue weighted by molar-refractivity contribution is 0.591. The SMILES string of the molecule is CC(C)(C)c1ccc2c(c1)c1c(N(c3ccc4oc5ccccc5c4c3)c3ccccc3-c3ccccc3)ccc3c4cc5c(cc4n2c31)c1ccc(N(c2ccc3oc4ccccc4c3c2)c2ccccc2-c2ccccc2)c2c3cc(C(C)(C)C)ccc3n5c12. The van der Waals surface area contributed by atoms with Crippen molar-refractivity contribution in [3.63, 3.8) is 0 Å². The van der Waals surface area contributed by atoms with E-state index in [1.165, 1.54) is 87.3 Å². The summed E-state index contributed by atoms with van der Waals surface area (Å²) in [5.41, 5.74) is 24.1. The van der Waals surface area contributed by atoms with Gasteiger partial charge >= 0.3 is 0 Å². The highest BCUT2D eigenvalue weighted by Gasteiger charge is 2.31. The van der Waals surface area contributed by atoms with Gasteiger partial charge in [0.2, 0.25) is 0 Å². The third kappa shape index (κ3) is 7.55. The molecule has 0 amide bonds. The molecule has 0 fully saturated rings. The van der Waals surface area contributed by atoms with Gasteiger partial charge in [-0.15, -0.1) is 0 Å². The molecule has 438 valence electrons. The smallest absolute Gasteiger partial charge is 0.135 e. The van der Waals surface area contributed by atoms with Crippen LogP contribution in [0.2, 0.25) is 0 Å². The number of anilines is 6. The molecule has 0 atom stereocenters. The summed E-state index contributed by atoms with van der Waals surface area (Å²) in [5.74, 6) is 0. The van der Waals surface area contributed by atoms with Crippen LogP contribution < -0.4 is 9.80 Å². The van der Waals surface area contributed by atoms with Crippen molar-refractivity contribution in [3.05, 3.63) is 278 Å². The fourth-order valence-electron chi connectivity index (χ4n) is 15.5. The van der Waals surface area contributed by atoms with Gasteiger partial charge in [-0.1, -0.05) is 199 Å². The Kier molecular flexibility index (Phi) is 10.9. The van der Waals surface area contributed by atoms with Crippen molar-refractivity contribution in [2.75, 3.05) is 9.80 Å². The topological polar surface area (TPSA) is 41.6 Å². The number of nitrogens with zero attached hydrogens (tertiary/aromatic N) is 4. The first-order valence-electron chi connectivity index (χ1n) is 32.1. The summed E-state index contributed by atoms with van der Waals surface area (Å²) in [5, 5.41) is 14.1. The molecule has 19 rings (SSSR count). The van der Waals surface area contributed by atoms with E-state index in [0.29, 0.717) is 0 Å². The van der Waals surface area contributed by atoms with Gasteiger partial charge in [0.15, 0.2) is 0 Å². The molecule has 0 N–H and O–H groups in total. The maximum atomic E-state index is 6.50. The Morgan fingerprint density at radius 3 is 1.10 bits per heavy atom. The zero-order valence-corrected chi connectivity index (χ0v) is 52.0. The molecule has 0 spiro atoms. The summed E-state index contributed by atoms with van der Waals surface area (Å²) in [4.78, 5) is 5.02. The van der Waals surface area contributed by atoms with E-state index in [0.717, 1.165) is 100 Å². The minimum absolute atomic E-state index is 0.1000. The zero-order chi connectivity index (χ0) is 61.5. The van der Waals surface area contributed by atoms with Gasteiger partial charge in [-0.25, -0.2) is 0 Å². The molecule has 0 aliphatic heterocycles. The fraction of sp³-hybridized carbons (Fsp3) is 0.0930. The molecule has 0 radical (unpaired) electrons. The van der Waals surface area contributed by atoms with Gasteiger partial charge in [0, 0.05) is 87.1 Å². The standard InChI is InChI=1S/C86H62N4O2/c1-85(2,3)53-33-39-71-67(45-53)81-73(87(69-29-17-13-25-57(69)51-21-9-7-10-22-51)55-35-43-79-65(47-55)59-27-15-19-31-77(59)91-79)41-37-61-63-50-76-64(49-75(63)89(71)83(61)81)62-38-42-74(82-68-46-54(86(4,5)6)34-40-72(68)90(76)84(62)82)88(70-30-18-14-26-58(70)52-23-11-8-12-24-52)56-36-44-80-66(48-56)60-28-16-20-32-78(60)92-80/h7-50H,1-6H3. The predicted octanol–water partition coefficient (Wildman–Crippen LogP) is 24.7. The van der Waals surface area contributed by atoms with Crippen LogP contribution in [0.15, 0.2) is 276 Å². The lowest BCUT2D eigenvalue weighted by atomic mass is 9.86. The lowest BCUT2D eigenvalue weighted by Gasteiger charge is -2.29. The van der Waals surface area contributed by atoms with Crippen LogP contribution in [-0.4, -0.2) is 8.80 Å². The number of aromatic nitrogens is 2. The minimum Gasteiger partial charge on any atom is -0.456 e. The van der Waals surface area contributed by atoms with E-state index in [1.807, 2.05) is 12.1 Å². The van der Waals surface area contributed by atoms with E-state index in [9.17, 15) is 0 Å². The third-order valence-electron chi connectivity index (χ3n) is 19.9. The molecular weight excluding hydrogens is 1120 g/mol. The molecule has 0 aliphatic carbocycles. The van der Waals surface area contributed by atoms with Crippen molar-refractivity contribution in [1.29, 1.82) is 0 Å². The zero-order valence-electron chi connectivity index (χ0n) is 52.0. The van der Waals surface area contributed by atoms with Crippen molar-refractivity contribution in [3.8, 4) is 22.3 Å². The van der Waals surface area contributed by atoms with Crippen LogP contribution in [0.25, 0.3) is 142 Å². The van der Waals surface area contributed by atoms with Crippen LogP contribution in [0.5, 0.6) is 0 Å². The molecule has 19 aromatic rings. The van der Waals surface area contributed by atoms with Crippen molar-refractivity contribution in [1.82, 2.24) is 8.80 Å². The molecular formula is C86H62N4O2. The third-order valence-corrected chi connectivity index (χ3v) is 19.9. The number of hydrogen-bond donors (Lipinski definition) is 0.